The Kier molecular flexibility index (Phi) is 7.24. The summed E-state index contributed by atoms with van der Waals surface area (Å²) in [6.45, 7) is 7.92. The van der Waals surface area contributed by atoms with Crippen molar-refractivity contribution in [2.24, 2.45) is 0 Å². The van der Waals surface area contributed by atoms with Gasteiger partial charge in [0.05, 0.1) is 0 Å². The van der Waals surface area contributed by atoms with E-state index in [2.05, 4.69) is 34.9 Å². The van der Waals surface area contributed by atoms with E-state index >= 15 is 0 Å². The molecule has 7 heteroatoms. The maximum Gasteiger partial charge on any atom is 0.120 e. The van der Waals surface area contributed by atoms with Gasteiger partial charge in [-0.15, -0.1) is 0 Å². The lowest BCUT2D eigenvalue weighted by Gasteiger charge is -2.35. The van der Waals surface area contributed by atoms with Crippen LogP contribution in [-0.4, -0.2) is 41.1 Å². The normalized spacial score (nSPS) is 15.5. The molecule has 0 spiro atoms. The van der Waals surface area contributed by atoms with Crippen molar-refractivity contribution < 1.29 is 5.11 Å². The van der Waals surface area contributed by atoms with Crippen LogP contribution in [0.5, 0.6) is 5.75 Å². The maximum atomic E-state index is 10.4. The number of hydrogen-bond donors (Lipinski definition) is 1. The summed E-state index contributed by atoms with van der Waals surface area (Å²) in [6.07, 6.45) is 0.840. The summed E-state index contributed by atoms with van der Waals surface area (Å²) < 4.78 is 0.990. The van der Waals surface area contributed by atoms with Crippen molar-refractivity contribution in [1.82, 2.24) is 9.80 Å². The molecule has 3 aromatic rings. The van der Waals surface area contributed by atoms with Crippen LogP contribution in [0.1, 0.15) is 27.1 Å². The smallest absolute Gasteiger partial charge is 0.120 e. The lowest BCUT2D eigenvalue weighted by atomic mass is 10.0. The Bertz CT molecular complexity index is 1050. The molecule has 2 aromatic carbocycles. The zero-order chi connectivity index (χ0) is 21.1. The summed E-state index contributed by atoms with van der Waals surface area (Å²) in [6, 6.07) is 14.1. The van der Waals surface area contributed by atoms with Crippen molar-refractivity contribution in [1.29, 1.82) is 0 Å². The molecule has 2 heterocycles. The molecule has 1 aliphatic rings. The lowest BCUT2D eigenvalue weighted by Crippen LogP contribution is -2.45. The summed E-state index contributed by atoms with van der Waals surface area (Å²) in [4.78, 5) is 6.20. The number of aromatic hydroxyl groups is 1. The van der Waals surface area contributed by atoms with Crippen LogP contribution in [0.25, 0.3) is 0 Å². The average Bonchev–Trinajstić information content (AvgIpc) is 3.05. The maximum absolute atomic E-state index is 10.4. The van der Waals surface area contributed by atoms with E-state index in [1.807, 2.05) is 24.3 Å². The van der Waals surface area contributed by atoms with Gasteiger partial charge in [0.15, 0.2) is 0 Å². The molecule has 158 valence electrons. The van der Waals surface area contributed by atoms with Gasteiger partial charge in [-0.3, -0.25) is 9.80 Å². The van der Waals surface area contributed by atoms with E-state index in [1.54, 1.807) is 20.7 Å². The summed E-state index contributed by atoms with van der Waals surface area (Å²) in [7, 11) is 3.43. The fraction of sp³-hybridized carbons (Fsp3) is 0.348. The van der Waals surface area contributed by atoms with Crippen LogP contribution in [0.15, 0.2) is 42.5 Å². The Morgan fingerprint density at radius 3 is 2.20 bits per heavy atom. The number of piperazine rings is 1. The molecule has 1 fully saturated rings. The van der Waals surface area contributed by atoms with E-state index in [0.29, 0.717) is 5.75 Å². The second-order valence-corrected chi connectivity index (χ2v) is 11.3. The van der Waals surface area contributed by atoms with E-state index < -0.39 is 0 Å². The molecule has 0 unspecified atom stereocenters. The number of phenolic OH excluding ortho intramolecular Hbond substituents is 1. The SMILES string of the molecule is Cc1ssc(=S)c1Cc1ccc(O)c(CN2CCN(Cc3ccc(Cl)cc3)CC2)c1. The highest BCUT2D eigenvalue weighted by Gasteiger charge is 2.18. The number of halogens is 1. The predicted molar refractivity (Wildman–Crippen MR) is 131 cm³/mol. The van der Waals surface area contributed by atoms with Crippen molar-refractivity contribution in [3.05, 3.63) is 78.4 Å². The second kappa shape index (κ2) is 9.90. The van der Waals surface area contributed by atoms with Crippen LogP contribution in [0.3, 0.4) is 0 Å². The van der Waals surface area contributed by atoms with Gasteiger partial charge in [-0.2, -0.15) is 0 Å². The molecule has 30 heavy (non-hydrogen) atoms. The highest BCUT2D eigenvalue weighted by Crippen LogP contribution is 2.28. The molecule has 0 bridgehead atoms. The zero-order valence-electron chi connectivity index (χ0n) is 16.9. The van der Waals surface area contributed by atoms with Crippen LogP contribution in [0, 0.1) is 10.7 Å². The first kappa shape index (κ1) is 21.9. The Morgan fingerprint density at radius 1 is 0.933 bits per heavy atom. The molecule has 0 amide bonds. The molecule has 3 nitrogen and oxygen atoms in total. The van der Waals surface area contributed by atoms with Gasteiger partial charge in [0.2, 0.25) is 0 Å². The molecule has 1 aliphatic heterocycles. The number of hydrogen-bond acceptors (Lipinski definition) is 6. The highest BCUT2D eigenvalue weighted by molar-refractivity contribution is 7.79. The standard InChI is InChI=1S/C23H25ClN2OS3/c1-16-21(23(28)30-29-16)13-18-4-7-22(27)19(12-18)15-26-10-8-25(9-11-26)14-17-2-5-20(24)6-3-17/h2-7,12,27H,8-11,13-15H2,1H3. The van der Waals surface area contributed by atoms with E-state index in [-0.39, 0.29) is 0 Å². The molecule has 4 rings (SSSR count). The molecule has 1 saturated heterocycles. The van der Waals surface area contributed by atoms with Crippen molar-refractivity contribution >= 4 is 44.5 Å². The molecule has 0 atom stereocenters. The highest BCUT2D eigenvalue weighted by atomic mass is 35.5. The first-order valence-electron chi connectivity index (χ1n) is 10.1. The summed E-state index contributed by atoms with van der Waals surface area (Å²) in [5, 5.41) is 11.2. The fourth-order valence-corrected chi connectivity index (χ4v) is 6.61. The van der Waals surface area contributed by atoms with Gasteiger partial charge in [-0.25, -0.2) is 0 Å². The van der Waals surface area contributed by atoms with E-state index in [1.165, 1.54) is 21.6 Å². The molecule has 1 N–H and O–H groups in total. The molecule has 0 radical (unpaired) electrons. The molecular weight excluding hydrogens is 452 g/mol. The van der Waals surface area contributed by atoms with Gasteiger partial charge in [0, 0.05) is 61.2 Å². The van der Waals surface area contributed by atoms with E-state index in [9.17, 15) is 5.11 Å². The first-order valence-corrected chi connectivity index (χ1v) is 13.0. The third-order valence-electron chi connectivity index (χ3n) is 5.62. The number of benzene rings is 2. The van der Waals surface area contributed by atoms with Crippen LogP contribution in [0.2, 0.25) is 5.02 Å². The summed E-state index contributed by atoms with van der Waals surface area (Å²) >= 11 is 11.5. The van der Waals surface area contributed by atoms with Gasteiger partial charge in [-0.05, 0) is 41.8 Å². The summed E-state index contributed by atoms with van der Waals surface area (Å²) in [5.74, 6) is 0.380. The van der Waals surface area contributed by atoms with Crippen molar-refractivity contribution in [3.8, 4) is 5.75 Å². The predicted octanol–water partition coefficient (Wildman–Crippen LogP) is 6.12. The van der Waals surface area contributed by atoms with Gasteiger partial charge in [-0.1, -0.05) is 68.8 Å². The Morgan fingerprint density at radius 2 is 1.57 bits per heavy atom. The second-order valence-electron chi connectivity index (χ2n) is 7.81. The van der Waals surface area contributed by atoms with E-state index in [4.69, 9.17) is 23.8 Å². The monoisotopic (exact) mass is 476 g/mol. The van der Waals surface area contributed by atoms with Crippen molar-refractivity contribution in [3.63, 3.8) is 0 Å². The quantitative estimate of drug-likeness (QED) is 0.342. The van der Waals surface area contributed by atoms with Crippen LogP contribution >= 0.6 is 44.5 Å². The molecule has 0 saturated carbocycles. The Labute approximate surface area is 195 Å². The minimum Gasteiger partial charge on any atom is -0.508 e. The number of nitrogens with zero attached hydrogens (tertiary/aromatic N) is 2. The van der Waals surface area contributed by atoms with Crippen LogP contribution in [0.4, 0.5) is 0 Å². The largest absolute Gasteiger partial charge is 0.508 e. The topological polar surface area (TPSA) is 26.7 Å². The van der Waals surface area contributed by atoms with E-state index in [0.717, 1.165) is 60.1 Å². The Balaban J connectivity index is 1.35. The molecule has 0 aliphatic carbocycles. The van der Waals surface area contributed by atoms with Gasteiger partial charge in [0.25, 0.3) is 0 Å². The number of aryl methyl sites for hydroxylation is 1. The first-order chi connectivity index (χ1) is 14.5. The molecule has 1 aromatic heterocycles. The van der Waals surface area contributed by atoms with Gasteiger partial charge < -0.3 is 5.11 Å². The zero-order valence-corrected chi connectivity index (χ0v) is 20.1. The average molecular weight is 477 g/mol. The third kappa shape index (κ3) is 5.49. The minimum absolute atomic E-state index is 0.380. The van der Waals surface area contributed by atoms with Gasteiger partial charge >= 0.3 is 0 Å². The summed E-state index contributed by atoms with van der Waals surface area (Å²) in [5.41, 5.74) is 4.77. The van der Waals surface area contributed by atoms with Gasteiger partial charge in [0.1, 0.15) is 9.57 Å². The van der Waals surface area contributed by atoms with Crippen molar-refractivity contribution in [2.45, 2.75) is 26.4 Å². The van der Waals surface area contributed by atoms with Crippen molar-refractivity contribution in [2.75, 3.05) is 26.2 Å². The number of rotatable bonds is 6. The number of phenols is 1. The Hall–Kier alpha value is -1.28. The fourth-order valence-electron chi connectivity index (χ4n) is 3.82. The lowest BCUT2D eigenvalue weighted by molar-refractivity contribution is 0.121. The minimum atomic E-state index is 0.380. The molecular formula is C23H25ClN2OS3. The third-order valence-corrected chi connectivity index (χ3v) is 9.16. The van der Waals surface area contributed by atoms with Crippen LogP contribution in [-0.2, 0) is 19.5 Å². The van der Waals surface area contributed by atoms with Crippen LogP contribution < -0.4 is 0 Å².